The Morgan fingerprint density at radius 1 is 1.10 bits per heavy atom. The van der Waals surface area contributed by atoms with E-state index in [0.717, 1.165) is 18.5 Å². The Bertz CT molecular complexity index is 522. The number of hydrogen-bond donors (Lipinski definition) is 1. The summed E-state index contributed by atoms with van der Waals surface area (Å²) >= 11 is 0. The highest BCUT2D eigenvalue weighted by Crippen LogP contribution is 2.23. The van der Waals surface area contributed by atoms with Crippen LogP contribution in [0.4, 0.5) is 5.69 Å². The Morgan fingerprint density at radius 3 is 2.00 bits per heavy atom. The highest BCUT2D eigenvalue weighted by molar-refractivity contribution is 7.89. The number of hydrogen-bond acceptors (Lipinski definition) is 4. The van der Waals surface area contributed by atoms with Gasteiger partial charge in [-0.2, -0.15) is 0 Å². The third-order valence-electron chi connectivity index (χ3n) is 3.67. The monoisotopic (exact) mass is 314 g/mol. The van der Waals surface area contributed by atoms with Crippen molar-refractivity contribution in [1.29, 1.82) is 0 Å². The molecule has 1 aromatic rings. The molecule has 0 spiro atoms. The van der Waals surface area contributed by atoms with E-state index in [2.05, 4.69) is 18.7 Å². The van der Waals surface area contributed by atoms with Gasteiger partial charge in [0.05, 0.1) is 11.5 Å². The molecule has 1 aromatic carbocycles. The van der Waals surface area contributed by atoms with Crippen molar-refractivity contribution in [2.75, 3.05) is 32.1 Å². The van der Waals surface area contributed by atoms with E-state index in [1.165, 1.54) is 18.4 Å². The molecule has 0 unspecified atom stereocenters. The number of benzene rings is 1. The van der Waals surface area contributed by atoms with Gasteiger partial charge in [-0.25, -0.2) is 12.7 Å². The van der Waals surface area contributed by atoms with Gasteiger partial charge in [0.15, 0.2) is 0 Å². The van der Waals surface area contributed by atoms with Crippen molar-refractivity contribution in [2.24, 2.45) is 0 Å². The normalized spacial score (nSPS) is 12.1. The van der Waals surface area contributed by atoms with Crippen LogP contribution in [0.3, 0.4) is 0 Å². The first-order chi connectivity index (χ1) is 9.88. The first kappa shape index (κ1) is 17.9. The number of aliphatic hydroxyl groups is 1. The first-order valence-electron chi connectivity index (χ1n) is 7.28. The summed E-state index contributed by atoms with van der Waals surface area (Å²) in [6.07, 6.45) is 1.96. The summed E-state index contributed by atoms with van der Waals surface area (Å²) in [5, 5.41) is 9.25. The van der Waals surface area contributed by atoms with Crippen molar-refractivity contribution in [3.8, 4) is 0 Å². The predicted molar refractivity (Wildman–Crippen MR) is 86.1 cm³/mol. The fourth-order valence-electron chi connectivity index (χ4n) is 2.38. The molecule has 1 rings (SSSR count). The van der Waals surface area contributed by atoms with Crippen molar-refractivity contribution in [3.63, 3.8) is 0 Å². The highest BCUT2D eigenvalue weighted by Gasteiger charge is 2.19. The molecule has 0 saturated carbocycles. The van der Waals surface area contributed by atoms with Gasteiger partial charge in [0.2, 0.25) is 10.0 Å². The maximum atomic E-state index is 12.1. The van der Waals surface area contributed by atoms with Crippen molar-refractivity contribution < 1.29 is 13.5 Å². The predicted octanol–water partition coefficient (Wildman–Crippen LogP) is 1.92. The minimum absolute atomic E-state index is 0.0776. The Labute approximate surface area is 128 Å². The minimum Gasteiger partial charge on any atom is -0.395 e. The molecule has 0 aliphatic carbocycles. The zero-order chi connectivity index (χ0) is 16.0. The van der Waals surface area contributed by atoms with Crippen LogP contribution in [0.25, 0.3) is 0 Å². The van der Waals surface area contributed by atoms with E-state index < -0.39 is 10.0 Å². The van der Waals surface area contributed by atoms with Crippen LogP contribution < -0.4 is 4.90 Å². The highest BCUT2D eigenvalue weighted by atomic mass is 32.2. The van der Waals surface area contributed by atoms with Crippen LogP contribution in [0.1, 0.15) is 26.7 Å². The minimum atomic E-state index is -3.40. The van der Waals surface area contributed by atoms with E-state index in [1.54, 1.807) is 12.1 Å². The quantitative estimate of drug-likeness (QED) is 0.796. The lowest BCUT2D eigenvalue weighted by Gasteiger charge is -2.32. The van der Waals surface area contributed by atoms with Gasteiger partial charge in [-0.15, -0.1) is 0 Å². The molecule has 5 nitrogen and oxygen atoms in total. The van der Waals surface area contributed by atoms with Gasteiger partial charge in [0.1, 0.15) is 0 Å². The first-order valence-corrected chi connectivity index (χ1v) is 8.72. The number of rotatable bonds is 8. The van der Waals surface area contributed by atoms with E-state index in [4.69, 9.17) is 0 Å². The molecule has 0 radical (unpaired) electrons. The zero-order valence-electron chi connectivity index (χ0n) is 13.3. The Kier molecular flexibility index (Phi) is 6.64. The summed E-state index contributed by atoms with van der Waals surface area (Å²) in [6, 6.07) is 7.21. The van der Waals surface area contributed by atoms with Gasteiger partial charge in [-0.05, 0) is 37.1 Å². The van der Waals surface area contributed by atoms with Gasteiger partial charge in [-0.3, -0.25) is 0 Å². The number of sulfonamides is 1. The van der Waals surface area contributed by atoms with Gasteiger partial charge in [0, 0.05) is 32.4 Å². The topological polar surface area (TPSA) is 60.9 Å². The summed E-state index contributed by atoms with van der Waals surface area (Å²) in [5.74, 6) is 0. The molecule has 0 heterocycles. The van der Waals surface area contributed by atoms with Crippen LogP contribution in [0.15, 0.2) is 29.2 Å². The molecule has 0 atom stereocenters. The molecule has 0 aliphatic heterocycles. The van der Waals surface area contributed by atoms with E-state index in [1.807, 2.05) is 12.1 Å². The van der Waals surface area contributed by atoms with Gasteiger partial charge < -0.3 is 10.0 Å². The van der Waals surface area contributed by atoms with Crippen molar-refractivity contribution in [3.05, 3.63) is 24.3 Å². The summed E-state index contributed by atoms with van der Waals surface area (Å²) in [5.41, 5.74) is 0.940. The van der Waals surface area contributed by atoms with E-state index in [0.29, 0.717) is 12.6 Å². The summed E-state index contributed by atoms with van der Waals surface area (Å²) in [6.45, 7) is 4.85. The molecule has 0 bridgehead atoms. The Balaban J connectivity index is 3.09. The van der Waals surface area contributed by atoms with Crippen LogP contribution in [-0.2, 0) is 10.0 Å². The van der Waals surface area contributed by atoms with Gasteiger partial charge >= 0.3 is 0 Å². The lowest BCUT2D eigenvalue weighted by Crippen LogP contribution is -2.36. The fraction of sp³-hybridized carbons (Fsp3) is 0.600. The Hall–Kier alpha value is -1.11. The molecule has 0 fully saturated rings. The maximum Gasteiger partial charge on any atom is 0.242 e. The molecule has 0 aromatic heterocycles. The second-order valence-corrected chi connectivity index (χ2v) is 7.32. The smallest absolute Gasteiger partial charge is 0.242 e. The average Bonchev–Trinajstić information content (AvgIpc) is 2.47. The van der Waals surface area contributed by atoms with Crippen LogP contribution in [-0.4, -0.2) is 51.1 Å². The average molecular weight is 314 g/mol. The van der Waals surface area contributed by atoms with E-state index in [9.17, 15) is 13.5 Å². The molecule has 0 saturated heterocycles. The van der Waals surface area contributed by atoms with Crippen LogP contribution in [0.5, 0.6) is 0 Å². The van der Waals surface area contributed by atoms with E-state index in [-0.39, 0.29) is 11.5 Å². The largest absolute Gasteiger partial charge is 0.395 e. The van der Waals surface area contributed by atoms with Crippen LogP contribution in [0.2, 0.25) is 0 Å². The standard InChI is InChI=1S/C15H26N2O3S/c1-5-13(6-2)17(11-12-18)14-7-9-15(10-8-14)21(19,20)16(3)4/h7-10,13,18H,5-6,11-12H2,1-4H3. The zero-order valence-corrected chi connectivity index (χ0v) is 14.1. The SMILES string of the molecule is CCC(CC)N(CCO)c1ccc(S(=O)(=O)N(C)C)cc1. The number of aliphatic hydroxyl groups excluding tert-OH is 1. The molecule has 0 aliphatic rings. The second kappa shape index (κ2) is 7.77. The van der Waals surface area contributed by atoms with E-state index >= 15 is 0 Å². The summed E-state index contributed by atoms with van der Waals surface area (Å²) < 4.78 is 25.3. The molecule has 120 valence electrons. The molecule has 21 heavy (non-hydrogen) atoms. The number of nitrogens with zero attached hydrogens (tertiary/aromatic N) is 2. The van der Waals surface area contributed by atoms with Gasteiger partial charge in [0.25, 0.3) is 0 Å². The molecular formula is C15H26N2O3S. The third kappa shape index (κ3) is 4.18. The Morgan fingerprint density at radius 2 is 1.62 bits per heavy atom. The summed E-state index contributed by atoms with van der Waals surface area (Å²) in [4.78, 5) is 2.41. The molecular weight excluding hydrogens is 288 g/mol. The maximum absolute atomic E-state index is 12.1. The number of anilines is 1. The van der Waals surface area contributed by atoms with Crippen LogP contribution in [0, 0.1) is 0 Å². The molecule has 6 heteroatoms. The lowest BCUT2D eigenvalue weighted by atomic mass is 10.1. The molecule has 0 amide bonds. The third-order valence-corrected chi connectivity index (χ3v) is 5.50. The lowest BCUT2D eigenvalue weighted by molar-refractivity contribution is 0.296. The second-order valence-electron chi connectivity index (χ2n) is 5.17. The van der Waals surface area contributed by atoms with Gasteiger partial charge in [-0.1, -0.05) is 13.8 Å². The fourth-order valence-corrected chi connectivity index (χ4v) is 3.28. The van der Waals surface area contributed by atoms with Crippen molar-refractivity contribution in [2.45, 2.75) is 37.6 Å². The molecule has 1 N–H and O–H groups in total. The van der Waals surface area contributed by atoms with Crippen molar-refractivity contribution >= 4 is 15.7 Å². The van der Waals surface area contributed by atoms with Crippen LogP contribution >= 0.6 is 0 Å². The van der Waals surface area contributed by atoms with Crippen molar-refractivity contribution in [1.82, 2.24) is 4.31 Å². The summed E-state index contributed by atoms with van der Waals surface area (Å²) in [7, 11) is -0.359.